The third-order valence-corrected chi connectivity index (χ3v) is 5.36. The summed E-state index contributed by atoms with van der Waals surface area (Å²) in [6, 6.07) is 12.7. The first-order valence-corrected chi connectivity index (χ1v) is 9.90. The van der Waals surface area contributed by atoms with Crippen LogP contribution in [0.25, 0.3) is 45.6 Å². The molecule has 4 aromatic heterocycles. The topological polar surface area (TPSA) is 106 Å². The van der Waals surface area contributed by atoms with Crippen molar-refractivity contribution in [1.29, 1.82) is 0 Å². The van der Waals surface area contributed by atoms with Crippen LogP contribution in [0.3, 0.4) is 0 Å². The number of H-pyrrole nitrogens is 1. The molecule has 156 valence electrons. The van der Waals surface area contributed by atoms with E-state index in [1.54, 1.807) is 50.1 Å². The van der Waals surface area contributed by atoms with Gasteiger partial charge in [0.25, 0.3) is 5.91 Å². The van der Waals surface area contributed by atoms with Crippen LogP contribution in [0.1, 0.15) is 11.3 Å². The molecule has 5 heterocycles. The Hall–Kier alpha value is -4.59. The van der Waals surface area contributed by atoms with Gasteiger partial charge in [0, 0.05) is 11.8 Å². The van der Waals surface area contributed by atoms with Crippen molar-refractivity contribution >= 4 is 34.3 Å². The van der Waals surface area contributed by atoms with E-state index in [2.05, 4.69) is 10.3 Å². The van der Waals surface area contributed by atoms with E-state index in [-0.39, 0.29) is 5.91 Å². The van der Waals surface area contributed by atoms with Crippen molar-refractivity contribution in [1.82, 2.24) is 15.0 Å². The minimum Gasteiger partial charge on any atom is -0.495 e. The van der Waals surface area contributed by atoms with Crippen molar-refractivity contribution in [2.24, 2.45) is 0 Å². The Morgan fingerprint density at radius 2 is 1.72 bits per heavy atom. The number of carbonyl (C=O) groups excluding carboxylic acids is 1. The molecule has 8 nitrogen and oxygen atoms in total. The van der Waals surface area contributed by atoms with Crippen molar-refractivity contribution in [3.63, 3.8) is 0 Å². The zero-order valence-corrected chi connectivity index (χ0v) is 16.9. The van der Waals surface area contributed by atoms with E-state index in [0.29, 0.717) is 62.2 Å². The Bertz CT molecular complexity index is 1490. The van der Waals surface area contributed by atoms with Crippen molar-refractivity contribution in [2.45, 2.75) is 0 Å². The number of nitrogens with zero attached hydrogens (tertiary/aromatic N) is 2. The number of aromatic nitrogens is 3. The first-order chi connectivity index (χ1) is 15.7. The van der Waals surface area contributed by atoms with Gasteiger partial charge in [0.15, 0.2) is 11.5 Å². The van der Waals surface area contributed by atoms with Gasteiger partial charge in [-0.15, -0.1) is 0 Å². The molecule has 0 radical (unpaired) electrons. The van der Waals surface area contributed by atoms with Gasteiger partial charge in [0.1, 0.15) is 17.1 Å². The Labute approximate surface area is 181 Å². The summed E-state index contributed by atoms with van der Waals surface area (Å²) in [4.78, 5) is 25.7. The lowest BCUT2D eigenvalue weighted by Crippen LogP contribution is -2.03. The highest BCUT2D eigenvalue weighted by Crippen LogP contribution is 2.40. The lowest BCUT2D eigenvalue weighted by Gasteiger charge is -2.09. The molecule has 0 bridgehead atoms. The van der Waals surface area contributed by atoms with Gasteiger partial charge in [-0.2, -0.15) is 0 Å². The molecule has 1 aromatic carbocycles. The highest BCUT2D eigenvalue weighted by Gasteiger charge is 2.29. The highest BCUT2D eigenvalue weighted by atomic mass is 16.5. The fourth-order valence-electron chi connectivity index (χ4n) is 3.91. The highest BCUT2D eigenvalue weighted by molar-refractivity contribution is 6.37. The van der Waals surface area contributed by atoms with Gasteiger partial charge in [-0.1, -0.05) is 0 Å². The molecule has 0 unspecified atom stereocenters. The number of hydrogen-bond donors (Lipinski definition) is 2. The predicted octanol–water partition coefficient (Wildman–Crippen LogP) is 4.98. The van der Waals surface area contributed by atoms with Crippen LogP contribution in [0.5, 0.6) is 5.75 Å². The molecule has 6 rings (SSSR count). The third-order valence-electron chi connectivity index (χ3n) is 5.36. The second-order valence-electron chi connectivity index (χ2n) is 7.20. The Morgan fingerprint density at radius 1 is 0.969 bits per heavy atom. The molecular weight excluding hydrogens is 408 g/mol. The molecule has 0 fully saturated rings. The summed E-state index contributed by atoms with van der Waals surface area (Å²) in [7, 11) is 1.58. The molecule has 32 heavy (non-hydrogen) atoms. The maximum absolute atomic E-state index is 12.9. The molecule has 1 amide bonds. The van der Waals surface area contributed by atoms with Gasteiger partial charge in [0.05, 0.1) is 47.6 Å². The van der Waals surface area contributed by atoms with Crippen LogP contribution in [-0.2, 0) is 4.79 Å². The van der Waals surface area contributed by atoms with Gasteiger partial charge in [-0.05, 0) is 48.5 Å². The monoisotopic (exact) mass is 424 g/mol. The zero-order valence-electron chi connectivity index (χ0n) is 16.9. The number of nitrogens with one attached hydrogen (secondary N) is 2. The summed E-state index contributed by atoms with van der Waals surface area (Å²) < 4.78 is 16.6. The fourth-order valence-corrected chi connectivity index (χ4v) is 3.91. The number of anilines is 1. The average Bonchev–Trinajstić information content (AvgIpc) is 3.60. The zero-order chi connectivity index (χ0) is 21.7. The third kappa shape index (κ3) is 2.73. The summed E-state index contributed by atoms with van der Waals surface area (Å²) in [5, 5.41) is 2.91. The molecule has 5 aromatic rings. The number of carbonyl (C=O) groups is 1. The molecule has 0 spiro atoms. The standard InChI is InChI=1S/C24H16N4O4/c1-30-17-8-9-25-16(17)12-13-20-14(27-24(13)29)6-7-15-21(20)28-23(19-5-3-11-32-19)22(26-15)18-4-2-10-31-18/h2-12,25H,1H3,(H,27,29). The minimum atomic E-state index is -0.222. The van der Waals surface area contributed by atoms with Crippen LogP contribution in [0.4, 0.5) is 5.69 Å². The quantitative estimate of drug-likeness (QED) is 0.394. The number of benzene rings is 1. The van der Waals surface area contributed by atoms with Crippen molar-refractivity contribution in [3.8, 4) is 28.7 Å². The molecule has 8 heteroatoms. The molecule has 0 atom stereocenters. The summed E-state index contributed by atoms with van der Waals surface area (Å²) in [5.74, 6) is 1.55. The number of rotatable bonds is 4. The van der Waals surface area contributed by atoms with Crippen molar-refractivity contribution in [3.05, 3.63) is 72.4 Å². The van der Waals surface area contributed by atoms with E-state index >= 15 is 0 Å². The molecule has 0 saturated carbocycles. The average molecular weight is 424 g/mol. The fraction of sp³-hybridized carbons (Fsp3) is 0.0417. The molecule has 1 aliphatic rings. The first-order valence-electron chi connectivity index (χ1n) is 9.90. The lowest BCUT2D eigenvalue weighted by molar-refractivity contribution is -0.110. The molecule has 2 N–H and O–H groups in total. The van der Waals surface area contributed by atoms with E-state index in [1.165, 1.54) is 0 Å². The smallest absolute Gasteiger partial charge is 0.256 e. The van der Waals surface area contributed by atoms with Crippen LogP contribution in [0.2, 0.25) is 0 Å². The van der Waals surface area contributed by atoms with Crippen LogP contribution < -0.4 is 10.1 Å². The molecular formula is C24H16N4O4. The predicted molar refractivity (Wildman–Crippen MR) is 119 cm³/mol. The molecule has 1 aliphatic heterocycles. The summed E-state index contributed by atoms with van der Waals surface area (Å²) in [6.07, 6.45) is 6.68. The second kappa shape index (κ2) is 6.98. The normalized spacial score (nSPS) is 14.2. The second-order valence-corrected chi connectivity index (χ2v) is 7.20. The number of furan rings is 2. The number of methoxy groups -OCH3 is 1. The van der Waals surface area contributed by atoms with E-state index < -0.39 is 0 Å². The van der Waals surface area contributed by atoms with Crippen molar-refractivity contribution in [2.75, 3.05) is 12.4 Å². The maximum Gasteiger partial charge on any atom is 0.256 e. The number of hydrogen-bond acceptors (Lipinski definition) is 6. The van der Waals surface area contributed by atoms with E-state index in [4.69, 9.17) is 23.5 Å². The maximum atomic E-state index is 12.9. The number of ether oxygens (including phenoxy) is 1. The SMILES string of the molecule is COc1cc[nH]c1C=C1C(=O)Nc2ccc3nc(-c4ccco4)c(-c4ccco4)nc3c21. The summed E-state index contributed by atoms with van der Waals surface area (Å²) in [5.41, 5.74) is 4.81. The van der Waals surface area contributed by atoms with Gasteiger partial charge in [-0.3, -0.25) is 4.79 Å². The molecule has 0 aliphatic carbocycles. The minimum absolute atomic E-state index is 0.222. The van der Waals surface area contributed by atoms with Crippen LogP contribution >= 0.6 is 0 Å². The Balaban J connectivity index is 1.63. The largest absolute Gasteiger partial charge is 0.495 e. The molecule has 0 saturated heterocycles. The van der Waals surface area contributed by atoms with Crippen LogP contribution in [0, 0.1) is 0 Å². The van der Waals surface area contributed by atoms with E-state index in [1.807, 2.05) is 24.3 Å². The van der Waals surface area contributed by atoms with Crippen LogP contribution in [0.15, 0.2) is 70.0 Å². The first kappa shape index (κ1) is 18.2. The van der Waals surface area contributed by atoms with Crippen molar-refractivity contribution < 1.29 is 18.4 Å². The van der Waals surface area contributed by atoms with Gasteiger partial charge < -0.3 is 23.9 Å². The Morgan fingerprint density at radius 3 is 2.41 bits per heavy atom. The van der Waals surface area contributed by atoms with E-state index in [0.717, 1.165) is 0 Å². The number of amides is 1. The number of aromatic amines is 1. The van der Waals surface area contributed by atoms with Crippen LogP contribution in [-0.4, -0.2) is 28.0 Å². The lowest BCUT2D eigenvalue weighted by atomic mass is 10.0. The summed E-state index contributed by atoms with van der Waals surface area (Å²) >= 11 is 0. The Kier molecular flexibility index (Phi) is 3.97. The number of fused-ring (bicyclic) bond motifs is 3. The van der Waals surface area contributed by atoms with Gasteiger partial charge in [0.2, 0.25) is 0 Å². The van der Waals surface area contributed by atoms with Gasteiger partial charge in [-0.25, -0.2) is 9.97 Å². The summed E-state index contributed by atoms with van der Waals surface area (Å²) in [6.45, 7) is 0. The van der Waals surface area contributed by atoms with Gasteiger partial charge >= 0.3 is 0 Å². The van der Waals surface area contributed by atoms with E-state index in [9.17, 15) is 4.79 Å².